The maximum atomic E-state index is 12.1. The van der Waals surface area contributed by atoms with E-state index in [0.29, 0.717) is 13.1 Å². The molecule has 7 heteroatoms. The molecule has 1 aromatic carbocycles. The zero-order valence-electron chi connectivity index (χ0n) is 12.9. The minimum atomic E-state index is -4.68. The standard InChI is InChI=1S/C15H22F3NO3/c1-11(2)21-10-13(20)9-19(3)8-12-4-6-14(7-5-12)22-15(16,17)18/h4-7,11,13,20H,8-10H2,1-3H3. The Balaban J connectivity index is 2.42. The summed E-state index contributed by atoms with van der Waals surface area (Å²) in [6.07, 6.45) is -5.24. The van der Waals surface area contributed by atoms with Gasteiger partial charge < -0.3 is 14.6 Å². The smallest absolute Gasteiger partial charge is 0.406 e. The third-order valence-electron chi connectivity index (χ3n) is 2.75. The molecule has 1 aromatic rings. The van der Waals surface area contributed by atoms with E-state index in [2.05, 4.69) is 4.74 Å². The van der Waals surface area contributed by atoms with Crippen molar-refractivity contribution in [1.82, 2.24) is 4.90 Å². The Morgan fingerprint density at radius 1 is 1.18 bits per heavy atom. The highest BCUT2D eigenvalue weighted by molar-refractivity contribution is 5.27. The number of rotatable bonds is 8. The van der Waals surface area contributed by atoms with Crippen LogP contribution in [0.15, 0.2) is 24.3 Å². The van der Waals surface area contributed by atoms with Crippen LogP contribution in [-0.4, -0.2) is 48.8 Å². The van der Waals surface area contributed by atoms with E-state index >= 15 is 0 Å². The van der Waals surface area contributed by atoms with Crippen LogP contribution in [0.3, 0.4) is 0 Å². The summed E-state index contributed by atoms with van der Waals surface area (Å²) in [5.41, 5.74) is 0.828. The molecule has 0 bridgehead atoms. The first-order valence-corrected chi connectivity index (χ1v) is 6.98. The number of aliphatic hydroxyl groups is 1. The van der Waals surface area contributed by atoms with Crippen molar-refractivity contribution in [3.05, 3.63) is 29.8 Å². The molecule has 0 aliphatic rings. The van der Waals surface area contributed by atoms with Gasteiger partial charge >= 0.3 is 6.36 Å². The van der Waals surface area contributed by atoms with E-state index in [1.807, 2.05) is 25.8 Å². The van der Waals surface area contributed by atoms with Gasteiger partial charge in [-0.15, -0.1) is 13.2 Å². The van der Waals surface area contributed by atoms with Crippen LogP contribution in [0.5, 0.6) is 5.75 Å². The fourth-order valence-electron chi connectivity index (χ4n) is 1.89. The number of likely N-dealkylation sites (N-methyl/N-ethyl adjacent to an activating group) is 1. The zero-order chi connectivity index (χ0) is 16.8. The summed E-state index contributed by atoms with van der Waals surface area (Å²) in [6, 6.07) is 5.67. The highest BCUT2D eigenvalue weighted by atomic mass is 19.4. The van der Waals surface area contributed by atoms with Gasteiger partial charge in [0.25, 0.3) is 0 Å². The lowest BCUT2D eigenvalue weighted by Crippen LogP contribution is -2.32. The molecule has 0 aromatic heterocycles. The molecule has 0 fully saturated rings. The zero-order valence-corrected chi connectivity index (χ0v) is 12.9. The van der Waals surface area contributed by atoms with Crippen LogP contribution in [0.1, 0.15) is 19.4 Å². The first-order valence-electron chi connectivity index (χ1n) is 6.98. The minimum Gasteiger partial charge on any atom is -0.406 e. The van der Waals surface area contributed by atoms with E-state index in [4.69, 9.17) is 4.74 Å². The molecule has 0 heterocycles. The monoisotopic (exact) mass is 321 g/mol. The van der Waals surface area contributed by atoms with E-state index in [-0.39, 0.29) is 18.5 Å². The lowest BCUT2D eigenvalue weighted by molar-refractivity contribution is -0.274. The van der Waals surface area contributed by atoms with Crippen LogP contribution >= 0.6 is 0 Å². The first kappa shape index (κ1) is 18.7. The second-order valence-corrected chi connectivity index (χ2v) is 5.42. The number of aliphatic hydroxyl groups excluding tert-OH is 1. The fraction of sp³-hybridized carbons (Fsp3) is 0.600. The molecule has 0 radical (unpaired) electrons. The minimum absolute atomic E-state index is 0.0566. The van der Waals surface area contributed by atoms with E-state index in [1.165, 1.54) is 12.1 Å². The van der Waals surface area contributed by atoms with Gasteiger partial charge in [0.1, 0.15) is 5.75 Å². The van der Waals surface area contributed by atoms with Gasteiger partial charge in [0, 0.05) is 13.1 Å². The summed E-state index contributed by atoms with van der Waals surface area (Å²) in [7, 11) is 1.82. The van der Waals surface area contributed by atoms with Crippen molar-refractivity contribution in [2.45, 2.75) is 39.0 Å². The van der Waals surface area contributed by atoms with Crippen LogP contribution in [-0.2, 0) is 11.3 Å². The van der Waals surface area contributed by atoms with Gasteiger partial charge in [-0.1, -0.05) is 12.1 Å². The Morgan fingerprint density at radius 2 is 1.77 bits per heavy atom. The molecule has 126 valence electrons. The molecule has 0 aliphatic carbocycles. The number of hydrogen-bond acceptors (Lipinski definition) is 4. The number of alkyl halides is 3. The summed E-state index contributed by atoms with van der Waals surface area (Å²) in [6.45, 7) is 4.95. The van der Waals surface area contributed by atoms with E-state index in [1.54, 1.807) is 12.1 Å². The van der Waals surface area contributed by atoms with Gasteiger partial charge in [-0.2, -0.15) is 0 Å². The van der Waals surface area contributed by atoms with E-state index < -0.39 is 12.5 Å². The number of benzene rings is 1. The average molecular weight is 321 g/mol. The van der Waals surface area contributed by atoms with Crippen LogP contribution in [0.4, 0.5) is 13.2 Å². The molecule has 1 atom stereocenters. The predicted molar refractivity (Wildman–Crippen MR) is 76.6 cm³/mol. The Kier molecular flexibility index (Phi) is 7.12. The van der Waals surface area contributed by atoms with E-state index in [0.717, 1.165) is 5.56 Å². The molecule has 4 nitrogen and oxygen atoms in total. The molecular weight excluding hydrogens is 299 g/mol. The molecule has 0 saturated carbocycles. The summed E-state index contributed by atoms with van der Waals surface area (Å²) in [5.74, 6) is -0.246. The normalized spacial score (nSPS) is 13.7. The number of hydrogen-bond donors (Lipinski definition) is 1. The van der Waals surface area contributed by atoms with E-state index in [9.17, 15) is 18.3 Å². The van der Waals surface area contributed by atoms with Crippen molar-refractivity contribution in [1.29, 1.82) is 0 Å². The Bertz CT molecular complexity index is 435. The Hall–Kier alpha value is -1.31. The molecule has 0 saturated heterocycles. The maximum Gasteiger partial charge on any atom is 0.573 e. The molecule has 1 rings (SSSR count). The van der Waals surface area contributed by atoms with Gasteiger partial charge in [-0.05, 0) is 38.6 Å². The quantitative estimate of drug-likeness (QED) is 0.799. The molecule has 22 heavy (non-hydrogen) atoms. The van der Waals surface area contributed by atoms with Crippen molar-refractivity contribution in [2.75, 3.05) is 20.2 Å². The van der Waals surface area contributed by atoms with Crippen molar-refractivity contribution in [3.63, 3.8) is 0 Å². The van der Waals surface area contributed by atoms with Gasteiger partial charge in [0.05, 0.1) is 18.8 Å². The Morgan fingerprint density at radius 3 is 2.27 bits per heavy atom. The van der Waals surface area contributed by atoms with Crippen LogP contribution in [0.2, 0.25) is 0 Å². The van der Waals surface area contributed by atoms with Gasteiger partial charge in [-0.3, -0.25) is 4.90 Å². The number of nitrogens with zero attached hydrogens (tertiary/aromatic N) is 1. The van der Waals surface area contributed by atoms with Gasteiger partial charge in [0.2, 0.25) is 0 Å². The van der Waals surface area contributed by atoms with Gasteiger partial charge in [-0.25, -0.2) is 0 Å². The lowest BCUT2D eigenvalue weighted by Gasteiger charge is -2.21. The third-order valence-corrected chi connectivity index (χ3v) is 2.75. The summed E-state index contributed by atoms with van der Waals surface area (Å²) >= 11 is 0. The molecule has 0 aliphatic heterocycles. The predicted octanol–water partition coefficient (Wildman–Crippen LogP) is 2.80. The molecule has 0 spiro atoms. The largest absolute Gasteiger partial charge is 0.573 e. The summed E-state index contributed by atoms with van der Waals surface area (Å²) < 4.78 is 45.3. The van der Waals surface area contributed by atoms with Gasteiger partial charge in [0.15, 0.2) is 0 Å². The number of ether oxygens (including phenoxy) is 2. The van der Waals surface area contributed by atoms with Crippen LogP contribution < -0.4 is 4.74 Å². The van der Waals surface area contributed by atoms with Crippen molar-refractivity contribution >= 4 is 0 Å². The van der Waals surface area contributed by atoms with Crippen molar-refractivity contribution in [2.24, 2.45) is 0 Å². The van der Waals surface area contributed by atoms with Crippen molar-refractivity contribution in [3.8, 4) is 5.75 Å². The van der Waals surface area contributed by atoms with Crippen molar-refractivity contribution < 1.29 is 27.8 Å². The topological polar surface area (TPSA) is 41.9 Å². The number of halogens is 3. The summed E-state index contributed by atoms with van der Waals surface area (Å²) in [4.78, 5) is 1.87. The highest BCUT2D eigenvalue weighted by Crippen LogP contribution is 2.22. The Labute approximate surface area is 128 Å². The molecule has 0 amide bonds. The second-order valence-electron chi connectivity index (χ2n) is 5.42. The van der Waals surface area contributed by atoms with Crippen LogP contribution in [0, 0.1) is 0 Å². The summed E-state index contributed by atoms with van der Waals surface area (Å²) in [5, 5.41) is 9.81. The first-order chi connectivity index (χ1) is 10.2. The average Bonchev–Trinajstić information content (AvgIpc) is 2.37. The molecule has 1 unspecified atom stereocenters. The fourth-order valence-corrected chi connectivity index (χ4v) is 1.89. The van der Waals surface area contributed by atoms with Crippen LogP contribution in [0.25, 0.3) is 0 Å². The third kappa shape index (κ3) is 8.21. The molecule has 1 N–H and O–H groups in total. The maximum absolute atomic E-state index is 12.1. The lowest BCUT2D eigenvalue weighted by atomic mass is 10.2. The highest BCUT2D eigenvalue weighted by Gasteiger charge is 2.30. The SMILES string of the molecule is CC(C)OCC(O)CN(C)Cc1ccc(OC(F)(F)F)cc1. The second kappa shape index (κ2) is 8.36. The molecular formula is C15H22F3NO3.